The molecule has 0 saturated carbocycles. The van der Waals surface area contributed by atoms with Crippen LogP contribution in [0.15, 0.2) is 0 Å². The Morgan fingerprint density at radius 1 is 1.26 bits per heavy atom. The molecule has 0 spiro atoms. The number of nitrogens with zero attached hydrogens (tertiary/aromatic N) is 2. The molecule has 19 heavy (non-hydrogen) atoms. The molecule has 1 aliphatic heterocycles. The number of carbonyl (C=O) groups excluding carboxylic acids is 1. The number of hydrogen-bond acceptors (Lipinski definition) is 4. The van der Waals surface area contributed by atoms with Crippen molar-refractivity contribution in [1.82, 2.24) is 15.1 Å². The first-order chi connectivity index (χ1) is 9.13. The van der Waals surface area contributed by atoms with Crippen molar-refractivity contribution in [3.8, 4) is 0 Å². The van der Waals surface area contributed by atoms with E-state index in [4.69, 9.17) is 5.73 Å². The SMILES string of the molecule is CC(CCCN)C(=O)NCCCN1CCN(C)CC1. The molecule has 1 rings (SSSR count). The van der Waals surface area contributed by atoms with Gasteiger partial charge in [0, 0.05) is 38.6 Å². The fourth-order valence-corrected chi connectivity index (χ4v) is 2.32. The van der Waals surface area contributed by atoms with Crippen LogP contribution in [0.5, 0.6) is 0 Å². The fraction of sp³-hybridized carbons (Fsp3) is 0.929. The highest BCUT2D eigenvalue weighted by atomic mass is 16.1. The highest BCUT2D eigenvalue weighted by Crippen LogP contribution is 2.04. The van der Waals surface area contributed by atoms with Gasteiger partial charge in [0.15, 0.2) is 0 Å². The molecule has 1 saturated heterocycles. The zero-order valence-electron chi connectivity index (χ0n) is 12.5. The van der Waals surface area contributed by atoms with E-state index < -0.39 is 0 Å². The summed E-state index contributed by atoms with van der Waals surface area (Å²) in [7, 11) is 2.17. The first-order valence-corrected chi connectivity index (χ1v) is 7.52. The minimum atomic E-state index is 0.0900. The molecule has 3 N–H and O–H groups in total. The maximum absolute atomic E-state index is 11.8. The second-order valence-corrected chi connectivity index (χ2v) is 5.62. The van der Waals surface area contributed by atoms with E-state index in [9.17, 15) is 4.79 Å². The summed E-state index contributed by atoms with van der Waals surface area (Å²) < 4.78 is 0. The first kappa shape index (κ1) is 16.4. The molecule has 5 heteroatoms. The summed E-state index contributed by atoms with van der Waals surface area (Å²) >= 11 is 0. The van der Waals surface area contributed by atoms with Crippen LogP contribution in [0, 0.1) is 5.92 Å². The summed E-state index contributed by atoms with van der Waals surface area (Å²) in [6.07, 6.45) is 2.86. The van der Waals surface area contributed by atoms with Crippen molar-refractivity contribution in [2.75, 3.05) is 52.9 Å². The molecule has 0 aromatic heterocycles. The van der Waals surface area contributed by atoms with Gasteiger partial charge in [-0.2, -0.15) is 0 Å². The van der Waals surface area contributed by atoms with E-state index in [1.165, 1.54) is 0 Å². The maximum atomic E-state index is 11.8. The number of nitrogens with two attached hydrogens (primary N) is 1. The summed E-state index contributed by atoms with van der Waals surface area (Å²) in [5.74, 6) is 0.263. The lowest BCUT2D eigenvalue weighted by atomic mass is 10.1. The summed E-state index contributed by atoms with van der Waals surface area (Å²) in [4.78, 5) is 16.6. The Morgan fingerprint density at radius 3 is 2.58 bits per heavy atom. The quantitative estimate of drug-likeness (QED) is 0.615. The molecular weight excluding hydrogens is 240 g/mol. The Kier molecular flexibility index (Phi) is 8.02. The monoisotopic (exact) mass is 270 g/mol. The second-order valence-electron chi connectivity index (χ2n) is 5.62. The number of likely N-dealkylation sites (N-methyl/N-ethyl adjacent to an activating group) is 1. The summed E-state index contributed by atoms with van der Waals surface area (Å²) in [5, 5.41) is 3.02. The van der Waals surface area contributed by atoms with Crippen LogP contribution in [0.25, 0.3) is 0 Å². The maximum Gasteiger partial charge on any atom is 0.222 e. The van der Waals surface area contributed by atoms with Crippen LogP contribution in [-0.2, 0) is 4.79 Å². The predicted octanol–water partition coefficient (Wildman–Crippen LogP) is 0.115. The fourth-order valence-electron chi connectivity index (χ4n) is 2.32. The molecule has 1 fully saturated rings. The van der Waals surface area contributed by atoms with Crippen molar-refractivity contribution in [3.63, 3.8) is 0 Å². The van der Waals surface area contributed by atoms with Crippen LogP contribution in [0.2, 0.25) is 0 Å². The Morgan fingerprint density at radius 2 is 1.95 bits per heavy atom. The number of hydrogen-bond donors (Lipinski definition) is 2. The largest absolute Gasteiger partial charge is 0.356 e. The minimum absolute atomic E-state index is 0.0900. The van der Waals surface area contributed by atoms with Gasteiger partial charge in [-0.15, -0.1) is 0 Å². The first-order valence-electron chi connectivity index (χ1n) is 7.52. The highest BCUT2D eigenvalue weighted by Gasteiger charge is 2.14. The molecule has 0 aromatic rings. The van der Waals surface area contributed by atoms with Gasteiger partial charge in [-0.1, -0.05) is 6.92 Å². The molecule has 1 heterocycles. The van der Waals surface area contributed by atoms with Crippen LogP contribution in [0.3, 0.4) is 0 Å². The van der Waals surface area contributed by atoms with Gasteiger partial charge in [-0.05, 0) is 39.4 Å². The van der Waals surface area contributed by atoms with Gasteiger partial charge in [0.1, 0.15) is 0 Å². The van der Waals surface area contributed by atoms with Crippen molar-refractivity contribution in [1.29, 1.82) is 0 Å². The molecule has 0 bridgehead atoms. The van der Waals surface area contributed by atoms with E-state index in [0.29, 0.717) is 6.54 Å². The van der Waals surface area contributed by atoms with Crippen molar-refractivity contribution in [2.45, 2.75) is 26.2 Å². The van der Waals surface area contributed by atoms with Gasteiger partial charge in [-0.3, -0.25) is 4.79 Å². The smallest absolute Gasteiger partial charge is 0.222 e. The third-order valence-electron chi connectivity index (χ3n) is 3.84. The number of carbonyl (C=O) groups is 1. The molecule has 1 unspecified atom stereocenters. The Bertz CT molecular complexity index is 252. The Balaban J connectivity index is 2.02. The normalized spacial score (nSPS) is 19.3. The van der Waals surface area contributed by atoms with E-state index in [1.54, 1.807) is 0 Å². The zero-order chi connectivity index (χ0) is 14.1. The third kappa shape index (κ3) is 6.89. The summed E-state index contributed by atoms with van der Waals surface area (Å²) in [6, 6.07) is 0. The molecule has 0 aliphatic carbocycles. The number of rotatable bonds is 8. The van der Waals surface area contributed by atoms with Gasteiger partial charge >= 0.3 is 0 Å². The Labute approximate surface area is 117 Å². The number of nitrogens with one attached hydrogen (secondary N) is 1. The molecule has 1 aliphatic rings. The lowest BCUT2D eigenvalue weighted by molar-refractivity contribution is -0.124. The zero-order valence-corrected chi connectivity index (χ0v) is 12.5. The van der Waals surface area contributed by atoms with E-state index in [2.05, 4.69) is 22.2 Å². The third-order valence-corrected chi connectivity index (χ3v) is 3.84. The Hall–Kier alpha value is -0.650. The molecule has 0 radical (unpaired) electrons. The average Bonchev–Trinajstić information content (AvgIpc) is 2.42. The van der Waals surface area contributed by atoms with E-state index in [-0.39, 0.29) is 11.8 Å². The van der Waals surface area contributed by atoms with Crippen molar-refractivity contribution >= 4 is 5.91 Å². The van der Waals surface area contributed by atoms with Gasteiger partial charge in [-0.25, -0.2) is 0 Å². The van der Waals surface area contributed by atoms with E-state index >= 15 is 0 Å². The predicted molar refractivity (Wildman–Crippen MR) is 79.0 cm³/mol. The summed E-state index contributed by atoms with van der Waals surface area (Å²) in [6.45, 7) is 9.13. The molecule has 5 nitrogen and oxygen atoms in total. The molecule has 112 valence electrons. The van der Waals surface area contributed by atoms with Gasteiger partial charge in [0.25, 0.3) is 0 Å². The van der Waals surface area contributed by atoms with Gasteiger partial charge < -0.3 is 20.9 Å². The standard InChI is InChI=1S/C14H30N4O/c1-13(5-3-6-15)14(19)16-7-4-8-18-11-9-17(2)10-12-18/h13H,3-12,15H2,1-2H3,(H,16,19). The summed E-state index contributed by atoms with van der Waals surface area (Å²) in [5.41, 5.74) is 5.45. The van der Waals surface area contributed by atoms with E-state index in [1.807, 2.05) is 6.92 Å². The molecule has 1 amide bonds. The molecular formula is C14H30N4O. The van der Waals surface area contributed by atoms with Gasteiger partial charge in [0.2, 0.25) is 5.91 Å². The van der Waals surface area contributed by atoms with Crippen LogP contribution in [0.4, 0.5) is 0 Å². The lowest BCUT2D eigenvalue weighted by Crippen LogP contribution is -2.45. The van der Waals surface area contributed by atoms with Crippen molar-refractivity contribution in [3.05, 3.63) is 0 Å². The van der Waals surface area contributed by atoms with Crippen molar-refractivity contribution < 1.29 is 4.79 Å². The number of amides is 1. The topological polar surface area (TPSA) is 61.6 Å². The van der Waals surface area contributed by atoms with E-state index in [0.717, 1.165) is 58.5 Å². The van der Waals surface area contributed by atoms with Crippen LogP contribution in [0.1, 0.15) is 26.2 Å². The van der Waals surface area contributed by atoms with Gasteiger partial charge in [0.05, 0.1) is 0 Å². The highest BCUT2D eigenvalue weighted by molar-refractivity contribution is 5.78. The van der Waals surface area contributed by atoms with Crippen LogP contribution in [-0.4, -0.2) is 68.6 Å². The molecule has 1 atom stereocenters. The van der Waals surface area contributed by atoms with Crippen LogP contribution >= 0.6 is 0 Å². The lowest BCUT2D eigenvalue weighted by Gasteiger charge is -2.32. The minimum Gasteiger partial charge on any atom is -0.356 e. The number of piperazine rings is 1. The van der Waals surface area contributed by atoms with Crippen LogP contribution < -0.4 is 11.1 Å². The van der Waals surface area contributed by atoms with Crippen molar-refractivity contribution in [2.24, 2.45) is 11.7 Å². The molecule has 0 aromatic carbocycles. The second kappa shape index (κ2) is 9.28. The average molecular weight is 270 g/mol.